The fourth-order valence-corrected chi connectivity index (χ4v) is 6.11. The molecule has 1 N–H and O–H groups in total. The lowest BCUT2D eigenvalue weighted by molar-refractivity contribution is -0.139. The Hall–Kier alpha value is -3.17. The maximum absolute atomic E-state index is 14.0. The molecule has 0 spiro atoms. The van der Waals surface area contributed by atoms with Gasteiger partial charge in [-0.3, -0.25) is 13.9 Å². The largest absolute Gasteiger partial charge is 0.354 e. The van der Waals surface area contributed by atoms with Crippen molar-refractivity contribution in [3.63, 3.8) is 0 Å². The first kappa shape index (κ1) is 30.4. The molecule has 0 saturated carbocycles. The van der Waals surface area contributed by atoms with Gasteiger partial charge in [-0.2, -0.15) is 0 Å². The zero-order valence-electron chi connectivity index (χ0n) is 22.9. The van der Waals surface area contributed by atoms with Crippen LogP contribution < -0.4 is 9.62 Å². The number of hydrogen-bond acceptors (Lipinski definition) is 4. The van der Waals surface area contributed by atoms with Crippen molar-refractivity contribution in [2.24, 2.45) is 0 Å². The first-order valence-electron chi connectivity index (χ1n) is 13.1. The van der Waals surface area contributed by atoms with Gasteiger partial charge in [0.05, 0.1) is 10.6 Å². The number of carbonyl (C=O) groups is 2. The van der Waals surface area contributed by atoms with Crippen molar-refractivity contribution >= 4 is 43.5 Å². The van der Waals surface area contributed by atoms with E-state index in [1.54, 1.807) is 43.3 Å². The van der Waals surface area contributed by atoms with Crippen molar-refractivity contribution in [3.05, 3.63) is 94.0 Å². The number of para-hydroxylation sites is 1. The molecule has 208 valence electrons. The number of amides is 2. The molecule has 7 nitrogen and oxygen atoms in total. The summed E-state index contributed by atoms with van der Waals surface area (Å²) in [7, 11) is -4.09. The fraction of sp³-hybridized carbons (Fsp3) is 0.333. The number of sulfonamides is 1. The van der Waals surface area contributed by atoms with E-state index in [0.717, 1.165) is 27.6 Å². The molecule has 0 aromatic heterocycles. The summed E-state index contributed by atoms with van der Waals surface area (Å²) in [6.07, 6.45) is 1.34. The quantitative estimate of drug-likeness (QED) is 0.294. The number of hydrogen-bond donors (Lipinski definition) is 1. The molecule has 0 radical (unpaired) electrons. The lowest BCUT2D eigenvalue weighted by Crippen LogP contribution is -2.51. The highest BCUT2D eigenvalue weighted by Crippen LogP contribution is 2.28. The van der Waals surface area contributed by atoms with Crippen molar-refractivity contribution in [1.82, 2.24) is 10.2 Å². The SMILES string of the molecule is CCCNC(=O)[C@@H](C)N(Cc1cccc(Br)c1)C(=O)CN(c1ccccc1CC)S(=O)(=O)c1ccc(C)cc1. The summed E-state index contributed by atoms with van der Waals surface area (Å²) in [4.78, 5) is 28.5. The molecule has 1 atom stereocenters. The zero-order chi connectivity index (χ0) is 28.6. The number of anilines is 1. The minimum absolute atomic E-state index is 0.0964. The molecule has 0 saturated heterocycles. The van der Waals surface area contributed by atoms with Crippen LogP contribution in [0.4, 0.5) is 5.69 Å². The third-order valence-corrected chi connectivity index (χ3v) is 8.75. The van der Waals surface area contributed by atoms with Crippen LogP contribution in [0, 0.1) is 6.92 Å². The highest BCUT2D eigenvalue weighted by Gasteiger charge is 2.33. The molecule has 2 amide bonds. The van der Waals surface area contributed by atoms with E-state index in [9.17, 15) is 18.0 Å². The van der Waals surface area contributed by atoms with E-state index in [-0.39, 0.29) is 17.3 Å². The van der Waals surface area contributed by atoms with Crippen LogP contribution in [0.25, 0.3) is 0 Å². The van der Waals surface area contributed by atoms with E-state index in [1.807, 2.05) is 57.2 Å². The van der Waals surface area contributed by atoms with Crippen molar-refractivity contribution in [2.75, 3.05) is 17.4 Å². The van der Waals surface area contributed by atoms with Gasteiger partial charge in [-0.1, -0.05) is 77.8 Å². The monoisotopic (exact) mass is 613 g/mol. The van der Waals surface area contributed by atoms with Crippen LogP contribution in [0.15, 0.2) is 82.2 Å². The topological polar surface area (TPSA) is 86.8 Å². The van der Waals surface area contributed by atoms with Gasteiger partial charge in [-0.05, 0) is 68.1 Å². The smallest absolute Gasteiger partial charge is 0.264 e. The standard InChI is InChI=1S/C30H36BrN3O4S/c1-5-18-32-30(36)23(4)33(20-24-10-9-12-26(31)19-24)29(35)21-34(28-13-8-7-11-25(28)6-2)39(37,38)27-16-14-22(3)15-17-27/h7-17,19,23H,5-6,18,20-21H2,1-4H3,(H,32,36)/t23-/m1/s1. The van der Waals surface area contributed by atoms with Crippen LogP contribution >= 0.6 is 15.9 Å². The summed E-state index contributed by atoms with van der Waals surface area (Å²) in [5.41, 5.74) is 2.99. The molecule has 39 heavy (non-hydrogen) atoms. The predicted molar refractivity (Wildman–Crippen MR) is 159 cm³/mol. The van der Waals surface area contributed by atoms with E-state index in [4.69, 9.17) is 0 Å². The average Bonchev–Trinajstić information content (AvgIpc) is 2.93. The first-order valence-corrected chi connectivity index (χ1v) is 15.3. The molecule has 9 heteroatoms. The minimum Gasteiger partial charge on any atom is -0.354 e. The van der Waals surface area contributed by atoms with Gasteiger partial charge in [-0.25, -0.2) is 8.42 Å². The Labute approximate surface area is 240 Å². The third kappa shape index (κ3) is 7.70. The second-order valence-corrected chi connectivity index (χ2v) is 12.2. The summed E-state index contributed by atoms with van der Waals surface area (Å²) >= 11 is 3.46. The molecule has 0 aliphatic rings. The number of benzene rings is 3. The average molecular weight is 615 g/mol. The Bertz CT molecular complexity index is 1390. The number of carbonyl (C=O) groups excluding carboxylic acids is 2. The minimum atomic E-state index is -4.09. The van der Waals surface area contributed by atoms with Crippen LogP contribution in [0.2, 0.25) is 0 Å². The van der Waals surface area contributed by atoms with Gasteiger partial charge in [0.25, 0.3) is 10.0 Å². The van der Waals surface area contributed by atoms with E-state index in [1.165, 1.54) is 9.21 Å². The Kier molecular flexibility index (Phi) is 10.7. The first-order chi connectivity index (χ1) is 18.6. The van der Waals surface area contributed by atoms with Gasteiger partial charge < -0.3 is 10.2 Å². The number of nitrogens with one attached hydrogen (secondary N) is 1. The number of rotatable bonds is 12. The van der Waals surface area contributed by atoms with Crippen LogP contribution in [-0.2, 0) is 32.6 Å². The van der Waals surface area contributed by atoms with Crippen LogP contribution in [-0.4, -0.2) is 44.3 Å². The summed E-state index contributed by atoms with van der Waals surface area (Å²) in [5.74, 6) is -0.766. The van der Waals surface area contributed by atoms with Crippen molar-refractivity contribution in [1.29, 1.82) is 0 Å². The maximum Gasteiger partial charge on any atom is 0.264 e. The lowest BCUT2D eigenvalue weighted by atomic mass is 10.1. The Morgan fingerprint density at radius 1 is 0.974 bits per heavy atom. The van der Waals surface area contributed by atoms with E-state index in [0.29, 0.717) is 18.7 Å². The highest BCUT2D eigenvalue weighted by atomic mass is 79.9. The molecule has 3 aromatic rings. The van der Waals surface area contributed by atoms with Gasteiger partial charge in [0.2, 0.25) is 11.8 Å². The Balaban J connectivity index is 2.06. The van der Waals surface area contributed by atoms with Crippen molar-refractivity contribution in [2.45, 2.75) is 58.0 Å². The summed E-state index contributed by atoms with van der Waals surface area (Å²) in [6, 6.07) is 20.4. The van der Waals surface area contributed by atoms with Gasteiger partial charge in [0.1, 0.15) is 12.6 Å². The van der Waals surface area contributed by atoms with Crippen molar-refractivity contribution < 1.29 is 18.0 Å². The second-order valence-electron chi connectivity index (χ2n) is 9.43. The summed E-state index contributed by atoms with van der Waals surface area (Å²) < 4.78 is 30.0. The van der Waals surface area contributed by atoms with Crippen LogP contribution in [0.5, 0.6) is 0 Å². The second kappa shape index (κ2) is 13.8. The highest BCUT2D eigenvalue weighted by molar-refractivity contribution is 9.10. The molecule has 0 fully saturated rings. The predicted octanol–water partition coefficient (Wildman–Crippen LogP) is 5.46. The summed E-state index contributed by atoms with van der Waals surface area (Å²) in [5, 5.41) is 2.86. The number of nitrogens with zero attached hydrogens (tertiary/aromatic N) is 2. The van der Waals surface area contributed by atoms with Gasteiger partial charge in [-0.15, -0.1) is 0 Å². The normalized spacial score (nSPS) is 12.0. The van der Waals surface area contributed by atoms with Gasteiger partial charge in [0, 0.05) is 17.6 Å². The molecule has 0 bridgehead atoms. The van der Waals surface area contributed by atoms with Crippen LogP contribution in [0.3, 0.4) is 0 Å². The fourth-order valence-electron chi connectivity index (χ4n) is 4.21. The van der Waals surface area contributed by atoms with E-state index >= 15 is 0 Å². The van der Waals surface area contributed by atoms with Gasteiger partial charge in [0.15, 0.2) is 0 Å². The molecule has 0 aliphatic heterocycles. The van der Waals surface area contributed by atoms with Gasteiger partial charge >= 0.3 is 0 Å². The number of aryl methyl sites for hydroxylation is 2. The summed E-state index contributed by atoms with van der Waals surface area (Å²) in [6.45, 7) is 7.62. The molecule has 0 unspecified atom stereocenters. The molecular formula is C30H36BrN3O4S. The van der Waals surface area contributed by atoms with E-state index < -0.39 is 28.5 Å². The van der Waals surface area contributed by atoms with Crippen molar-refractivity contribution in [3.8, 4) is 0 Å². The molecule has 0 aliphatic carbocycles. The molecule has 0 heterocycles. The number of halogens is 1. The third-order valence-electron chi connectivity index (χ3n) is 6.49. The zero-order valence-corrected chi connectivity index (χ0v) is 25.3. The molecule has 3 rings (SSSR count). The lowest BCUT2D eigenvalue weighted by Gasteiger charge is -2.32. The molecular weight excluding hydrogens is 578 g/mol. The van der Waals surface area contributed by atoms with Crippen LogP contribution in [0.1, 0.15) is 43.9 Å². The van der Waals surface area contributed by atoms with E-state index in [2.05, 4.69) is 21.2 Å². The Morgan fingerprint density at radius 3 is 2.31 bits per heavy atom. The Morgan fingerprint density at radius 2 is 1.67 bits per heavy atom. The maximum atomic E-state index is 14.0. The molecule has 3 aromatic carbocycles.